The standard InChI is InChI=1S/C14H20ClNO/c1-10-5-6-12(14(2,3)4)9-11(10)7-8-16-13(15)17/h5-6,9H,7-8H2,1-4H3,(H,16,17). The Labute approximate surface area is 108 Å². The van der Waals surface area contributed by atoms with Gasteiger partial charge in [-0.25, -0.2) is 0 Å². The summed E-state index contributed by atoms with van der Waals surface area (Å²) in [5.41, 5.74) is 3.98. The summed E-state index contributed by atoms with van der Waals surface area (Å²) in [6.45, 7) is 9.26. The molecule has 0 aliphatic rings. The van der Waals surface area contributed by atoms with Crippen LogP contribution in [0.2, 0.25) is 0 Å². The van der Waals surface area contributed by atoms with Gasteiger partial charge in [-0.05, 0) is 47.1 Å². The Balaban J connectivity index is 2.80. The predicted molar refractivity (Wildman–Crippen MR) is 72.8 cm³/mol. The van der Waals surface area contributed by atoms with E-state index in [9.17, 15) is 4.79 Å². The average Bonchev–Trinajstić information content (AvgIpc) is 2.18. The van der Waals surface area contributed by atoms with Crippen LogP contribution in [0.1, 0.15) is 37.5 Å². The number of benzene rings is 1. The van der Waals surface area contributed by atoms with Gasteiger partial charge in [0.15, 0.2) is 0 Å². The lowest BCUT2D eigenvalue weighted by Crippen LogP contribution is -2.20. The van der Waals surface area contributed by atoms with Crippen molar-refractivity contribution in [2.75, 3.05) is 6.54 Å². The largest absolute Gasteiger partial charge is 0.342 e. The number of carbonyl (C=O) groups excluding carboxylic acids is 1. The van der Waals surface area contributed by atoms with Gasteiger partial charge in [0, 0.05) is 6.54 Å². The van der Waals surface area contributed by atoms with E-state index in [-0.39, 0.29) is 5.41 Å². The summed E-state index contributed by atoms with van der Waals surface area (Å²) < 4.78 is 0. The van der Waals surface area contributed by atoms with Crippen molar-refractivity contribution >= 4 is 17.0 Å². The number of carbonyl (C=O) groups is 1. The number of hydrogen-bond acceptors (Lipinski definition) is 1. The quantitative estimate of drug-likeness (QED) is 0.645. The highest BCUT2D eigenvalue weighted by molar-refractivity contribution is 6.62. The van der Waals surface area contributed by atoms with E-state index in [0.717, 1.165) is 6.42 Å². The molecule has 1 N–H and O–H groups in total. The molecule has 3 heteroatoms. The van der Waals surface area contributed by atoms with Crippen LogP contribution in [0.3, 0.4) is 0 Å². The minimum atomic E-state index is -0.491. The SMILES string of the molecule is Cc1ccc(C(C)(C)C)cc1CCNC(=O)Cl. The third-order valence-corrected chi connectivity index (χ3v) is 3.01. The highest BCUT2D eigenvalue weighted by Gasteiger charge is 2.14. The summed E-state index contributed by atoms with van der Waals surface area (Å²) in [6.07, 6.45) is 0.814. The minimum absolute atomic E-state index is 0.151. The first-order valence-corrected chi connectivity index (χ1v) is 6.22. The molecule has 0 spiro atoms. The zero-order chi connectivity index (χ0) is 13.1. The molecule has 1 rings (SSSR count). The molecule has 0 aromatic heterocycles. The van der Waals surface area contributed by atoms with Crippen LogP contribution >= 0.6 is 11.6 Å². The minimum Gasteiger partial charge on any atom is -0.342 e. The van der Waals surface area contributed by atoms with Gasteiger partial charge in [-0.1, -0.05) is 39.0 Å². The van der Waals surface area contributed by atoms with Crippen molar-refractivity contribution in [1.29, 1.82) is 0 Å². The van der Waals surface area contributed by atoms with E-state index in [1.807, 2.05) is 0 Å². The van der Waals surface area contributed by atoms with E-state index in [1.165, 1.54) is 16.7 Å². The van der Waals surface area contributed by atoms with Crippen LogP contribution in [-0.2, 0) is 11.8 Å². The maximum atomic E-state index is 10.6. The van der Waals surface area contributed by atoms with Gasteiger partial charge in [-0.2, -0.15) is 0 Å². The summed E-state index contributed by atoms with van der Waals surface area (Å²) in [5.74, 6) is 0. The van der Waals surface area contributed by atoms with Gasteiger partial charge < -0.3 is 5.32 Å². The van der Waals surface area contributed by atoms with Crippen molar-refractivity contribution in [3.63, 3.8) is 0 Å². The lowest BCUT2D eigenvalue weighted by molar-refractivity contribution is 0.260. The van der Waals surface area contributed by atoms with Crippen LogP contribution < -0.4 is 5.32 Å². The van der Waals surface area contributed by atoms with Gasteiger partial charge in [0.2, 0.25) is 0 Å². The van der Waals surface area contributed by atoms with E-state index in [4.69, 9.17) is 11.6 Å². The first-order chi connectivity index (χ1) is 7.80. The fraction of sp³-hybridized carbons (Fsp3) is 0.500. The van der Waals surface area contributed by atoms with Crippen molar-refractivity contribution in [1.82, 2.24) is 5.32 Å². The van der Waals surface area contributed by atoms with Gasteiger partial charge >= 0.3 is 5.37 Å². The van der Waals surface area contributed by atoms with Crippen molar-refractivity contribution in [2.24, 2.45) is 0 Å². The number of hydrogen-bond donors (Lipinski definition) is 1. The van der Waals surface area contributed by atoms with E-state index < -0.39 is 5.37 Å². The number of rotatable bonds is 3. The average molecular weight is 254 g/mol. The Morgan fingerprint density at radius 1 is 1.35 bits per heavy atom. The van der Waals surface area contributed by atoms with Crippen molar-refractivity contribution in [2.45, 2.75) is 39.5 Å². The van der Waals surface area contributed by atoms with Crippen LogP contribution in [-0.4, -0.2) is 11.9 Å². The summed E-state index contributed by atoms with van der Waals surface area (Å²) in [6, 6.07) is 6.52. The number of aryl methyl sites for hydroxylation is 1. The molecule has 1 aromatic rings. The molecular weight excluding hydrogens is 234 g/mol. The first-order valence-electron chi connectivity index (χ1n) is 5.84. The maximum absolute atomic E-state index is 10.6. The third kappa shape index (κ3) is 4.39. The second-order valence-electron chi connectivity index (χ2n) is 5.34. The van der Waals surface area contributed by atoms with Gasteiger partial charge in [-0.3, -0.25) is 4.79 Å². The molecule has 94 valence electrons. The lowest BCUT2D eigenvalue weighted by Gasteiger charge is -2.20. The molecule has 1 amide bonds. The second-order valence-corrected chi connectivity index (χ2v) is 5.69. The van der Waals surface area contributed by atoms with Gasteiger partial charge in [-0.15, -0.1) is 0 Å². The molecule has 0 fully saturated rings. The van der Waals surface area contributed by atoms with Crippen LogP contribution in [0.15, 0.2) is 18.2 Å². The molecular formula is C14H20ClNO. The monoisotopic (exact) mass is 253 g/mol. The van der Waals surface area contributed by atoms with Gasteiger partial charge in [0.1, 0.15) is 0 Å². The number of nitrogens with one attached hydrogen (secondary N) is 1. The maximum Gasteiger partial charge on any atom is 0.313 e. The fourth-order valence-electron chi connectivity index (χ4n) is 1.70. The van der Waals surface area contributed by atoms with Crippen molar-refractivity contribution < 1.29 is 4.79 Å². The van der Waals surface area contributed by atoms with E-state index >= 15 is 0 Å². The molecule has 2 nitrogen and oxygen atoms in total. The Morgan fingerprint density at radius 3 is 2.53 bits per heavy atom. The predicted octanol–water partition coefficient (Wildman–Crippen LogP) is 3.78. The van der Waals surface area contributed by atoms with E-state index in [2.05, 4.69) is 51.2 Å². The fourth-order valence-corrected chi connectivity index (χ4v) is 1.80. The Bertz CT molecular complexity index is 407. The lowest BCUT2D eigenvalue weighted by atomic mass is 9.85. The smallest absolute Gasteiger partial charge is 0.313 e. The van der Waals surface area contributed by atoms with Crippen LogP contribution in [0.25, 0.3) is 0 Å². The highest BCUT2D eigenvalue weighted by Crippen LogP contribution is 2.24. The first kappa shape index (κ1) is 14.0. The molecule has 0 heterocycles. The van der Waals surface area contributed by atoms with Crippen LogP contribution in [0.4, 0.5) is 4.79 Å². The van der Waals surface area contributed by atoms with Gasteiger partial charge in [0.25, 0.3) is 0 Å². The number of amides is 1. The molecule has 0 bridgehead atoms. The van der Waals surface area contributed by atoms with Gasteiger partial charge in [0.05, 0.1) is 0 Å². The molecule has 0 aliphatic heterocycles. The number of halogens is 1. The van der Waals surface area contributed by atoms with E-state index in [1.54, 1.807) is 0 Å². The molecule has 0 radical (unpaired) electrons. The molecule has 1 aromatic carbocycles. The molecule has 0 saturated heterocycles. The highest BCUT2D eigenvalue weighted by atomic mass is 35.5. The third-order valence-electron chi connectivity index (χ3n) is 2.87. The van der Waals surface area contributed by atoms with Crippen LogP contribution in [0, 0.1) is 6.92 Å². The zero-order valence-corrected chi connectivity index (χ0v) is 11.7. The molecule has 0 aliphatic carbocycles. The molecule has 0 unspecified atom stereocenters. The molecule has 0 saturated carbocycles. The topological polar surface area (TPSA) is 29.1 Å². The molecule has 0 atom stereocenters. The Kier molecular flexibility index (Phi) is 4.58. The van der Waals surface area contributed by atoms with Crippen LogP contribution in [0.5, 0.6) is 0 Å². The summed E-state index contributed by atoms with van der Waals surface area (Å²) in [4.78, 5) is 10.6. The van der Waals surface area contributed by atoms with E-state index in [0.29, 0.717) is 6.54 Å². The Morgan fingerprint density at radius 2 is 2.00 bits per heavy atom. The summed E-state index contributed by atoms with van der Waals surface area (Å²) in [7, 11) is 0. The summed E-state index contributed by atoms with van der Waals surface area (Å²) >= 11 is 5.24. The van der Waals surface area contributed by atoms with Crippen molar-refractivity contribution in [3.05, 3.63) is 34.9 Å². The summed E-state index contributed by atoms with van der Waals surface area (Å²) in [5, 5.41) is 2.11. The Hall–Kier alpha value is -1.02. The normalized spacial score (nSPS) is 11.4. The second kappa shape index (κ2) is 5.54. The zero-order valence-electron chi connectivity index (χ0n) is 10.9. The molecule has 17 heavy (non-hydrogen) atoms. The van der Waals surface area contributed by atoms with Crippen molar-refractivity contribution in [3.8, 4) is 0 Å².